The predicted molar refractivity (Wildman–Crippen MR) is 101 cm³/mol. The Morgan fingerprint density at radius 2 is 2.07 bits per heavy atom. The summed E-state index contributed by atoms with van der Waals surface area (Å²) in [5.41, 5.74) is 0.724. The second-order valence-corrected chi connectivity index (χ2v) is 7.51. The van der Waals surface area contributed by atoms with Crippen molar-refractivity contribution in [1.82, 2.24) is 15.0 Å². The Morgan fingerprint density at radius 1 is 1.33 bits per heavy atom. The van der Waals surface area contributed by atoms with E-state index in [1.807, 2.05) is 0 Å². The van der Waals surface area contributed by atoms with Gasteiger partial charge in [-0.15, -0.1) is 0 Å². The van der Waals surface area contributed by atoms with Gasteiger partial charge in [0.05, 0.1) is 30.4 Å². The molecule has 2 aromatic rings. The number of H-pyrrole nitrogens is 1. The lowest BCUT2D eigenvalue weighted by atomic mass is 10.4. The standard InChI is InChI=1S/C16H20N4O5S2/c1-5-24-13(22)10-6-17-15(19-10)26-7-11(21)20-16-18-9(4)12(27-16)14(23)25-8(2)3/h6,8H,5,7H2,1-4H3,(H,17,19)(H,18,20,21). The Labute approximate surface area is 164 Å². The van der Waals surface area contributed by atoms with Crippen LogP contribution in [0.15, 0.2) is 11.4 Å². The molecule has 0 fully saturated rings. The zero-order chi connectivity index (χ0) is 20.0. The van der Waals surface area contributed by atoms with Crippen LogP contribution in [-0.4, -0.2) is 51.3 Å². The highest BCUT2D eigenvalue weighted by Gasteiger charge is 2.19. The molecule has 0 aromatic carbocycles. The number of amides is 1. The van der Waals surface area contributed by atoms with E-state index >= 15 is 0 Å². The number of aromatic amines is 1. The number of esters is 2. The number of aryl methyl sites for hydroxylation is 1. The molecule has 0 aliphatic heterocycles. The van der Waals surface area contributed by atoms with Crippen LogP contribution in [0.1, 0.15) is 46.6 Å². The summed E-state index contributed by atoms with van der Waals surface area (Å²) < 4.78 is 10.0. The molecular formula is C16H20N4O5S2. The summed E-state index contributed by atoms with van der Waals surface area (Å²) in [6.07, 6.45) is 1.12. The van der Waals surface area contributed by atoms with Crippen molar-refractivity contribution in [3.8, 4) is 0 Å². The molecule has 146 valence electrons. The minimum atomic E-state index is -0.500. The van der Waals surface area contributed by atoms with E-state index in [9.17, 15) is 14.4 Å². The largest absolute Gasteiger partial charge is 0.461 e. The average molecular weight is 412 g/mol. The van der Waals surface area contributed by atoms with Gasteiger partial charge in [-0.2, -0.15) is 0 Å². The van der Waals surface area contributed by atoms with Crippen molar-refractivity contribution in [2.45, 2.75) is 39.0 Å². The molecule has 0 aliphatic rings. The number of thiazole rings is 1. The van der Waals surface area contributed by atoms with Gasteiger partial charge in [-0.25, -0.2) is 19.6 Å². The van der Waals surface area contributed by atoms with Crippen LogP contribution in [0.5, 0.6) is 0 Å². The summed E-state index contributed by atoms with van der Waals surface area (Å²) >= 11 is 2.19. The molecule has 2 aromatic heterocycles. The van der Waals surface area contributed by atoms with E-state index in [2.05, 4.69) is 20.3 Å². The van der Waals surface area contributed by atoms with Crippen molar-refractivity contribution < 1.29 is 23.9 Å². The first-order valence-electron chi connectivity index (χ1n) is 8.13. The minimum Gasteiger partial charge on any atom is -0.461 e. The molecule has 0 spiro atoms. The molecule has 1 amide bonds. The molecular weight excluding hydrogens is 392 g/mol. The molecule has 0 aliphatic carbocycles. The van der Waals surface area contributed by atoms with Gasteiger partial charge >= 0.3 is 11.9 Å². The molecule has 0 bridgehead atoms. The van der Waals surface area contributed by atoms with E-state index in [1.165, 1.54) is 6.20 Å². The molecule has 0 saturated heterocycles. The van der Waals surface area contributed by atoms with Gasteiger partial charge < -0.3 is 19.8 Å². The molecule has 2 rings (SSSR count). The highest BCUT2D eigenvalue weighted by atomic mass is 32.2. The highest BCUT2D eigenvalue weighted by molar-refractivity contribution is 7.99. The summed E-state index contributed by atoms with van der Waals surface area (Å²) in [6.45, 7) is 7.18. The van der Waals surface area contributed by atoms with Crippen molar-refractivity contribution in [2.24, 2.45) is 0 Å². The summed E-state index contributed by atoms with van der Waals surface area (Å²) in [5, 5.41) is 3.38. The van der Waals surface area contributed by atoms with Crippen LogP contribution in [0.4, 0.5) is 5.13 Å². The van der Waals surface area contributed by atoms with Crippen molar-refractivity contribution in [3.63, 3.8) is 0 Å². The van der Waals surface area contributed by atoms with Crippen molar-refractivity contribution in [2.75, 3.05) is 17.7 Å². The molecule has 27 heavy (non-hydrogen) atoms. The van der Waals surface area contributed by atoms with Crippen LogP contribution >= 0.6 is 23.1 Å². The maximum atomic E-state index is 12.1. The number of ether oxygens (including phenoxy) is 2. The smallest absolute Gasteiger partial charge is 0.356 e. The highest BCUT2D eigenvalue weighted by Crippen LogP contribution is 2.24. The number of nitrogens with zero attached hydrogens (tertiary/aromatic N) is 2. The van der Waals surface area contributed by atoms with E-state index in [0.717, 1.165) is 23.1 Å². The molecule has 0 radical (unpaired) electrons. The third-order valence-corrected chi connectivity index (χ3v) is 4.90. The normalized spacial score (nSPS) is 10.7. The number of hydrogen-bond donors (Lipinski definition) is 2. The quantitative estimate of drug-likeness (QED) is 0.501. The Morgan fingerprint density at radius 3 is 2.74 bits per heavy atom. The van der Waals surface area contributed by atoms with Gasteiger partial charge in [0.15, 0.2) is 10.3 Å². The summed E-state index contributed by atoms with van der Waals surface area (Å²) in [7, 11) is 0. The van der Waals surface area contributed by atoms with Gasteiger partial charge in [0.25, 0.3) is 0 Å². The van der Waals surface area contributed by atoms with Gasteiger partial charge in [-0.3, -0.25) is 4.79 Å². The number of carbonyl (C=O) groups excluding carboxylic acids is 3. The summed E-state index contributed by atoms with van der Waals surface area (Å²) in [5.74, 6) is -1.22. The van der Waals surface area contributed by atoms with Gasteiger partial charge in [0.1, 0.15) is 10.6 Å². The Hall–Kier alpha value is -2.40. The number of carbonyl (C=O) groups is 3. The number of nitrogens with one attached hydrogen (secondary N) is 2. The first-order valence-corrected chi connectivity index (χ1v) is 9.93. The Bertz CT molecular complexity index is 831. The lowest BCUT2D eigenvalue weighted by Gasteiger charge is -2.05. The number of anilines is 1. The molecule has 0 unspecified atom stereocenters. The van der Waals surface area contributed by atoms with Crippen molar-refractivity contribution >= 4 is 46.1 Å². The zero-order valence-electron chi connectivity index (χ0n) is 15.3. The summed E-state index contributed by atoms with van der Waals surface area (Å²) in [4.78, 5) is 47.0. The van der Waals surface area contributed by atoms with E-state index in [4.69, 9.17) is 9.47 Å². The fourth-order valence-corrected chi connectivity index (χ4v) is 3.40. The number of imidazole rings is 1. The van der Waals surface area contributed by atoms with Crippen LogP contribution < -0.4 is 5.32 Å². The third kappa shape index (κ3) is 6.07. The first-order chi connectivity index (χ1) is 12.8. The van der Waals surface area contributed by atoms with E-state index in [-0.39, 0.29) is 30.1 Å². The van der Waals surface area contributed by atoms with E-state index in [0.29, 0.717) is 20.9 Å². The first kappa shape index (κ1) is 20.9. The van der Waals surface area contributed by atoms with Crippen molar-refractivity contribution in [3.05, 3.63) is 22.5 Å². The van der Waals surface area contributed by atoms with Crippen LogP contribution in [-0.2, 0) is 14.3 Å². The molecule has 2 heterocycles. The Kier molecular flexibility index (Phi) is 7.36. The van der Waals surface area contributed by atoms with E-state index < -0.39 is 11.9 Å². The molecule has 9 nitrogen and oxygen atoms in total. The SMILES string of the molecule is CCOC(=O)c1cnc(SCC(=O)Nc2nc(C)c(C(=O)OC(C)C)s2)[nH]1. The second-order valence-electron chi connectivity index (χ2n) is 5.55. The fourth-order valence-electron chi connectivity index (χ4n) is 1.88. The molecule has 2 N–H and O–H groups in total. The van der Waals surface area contributed by atoms with Gasteiger partial charge in [0.2, 0.25) is 5.91 Å². The lowest BCUT2D eigenvalue weighted by molar-refractivity contribution is -0.113. The van der Waals surface area contributed by atoms with Crippen LogP contribution in [0.25, 0.3) is 0 Å². The number of hydrogen-bond acceptors (Lipinski definition) is 9. The average Bonchev–Trinajstić information content (AvgIpc) is 3.19. The van der Waals surface area contributed by atoms with Gasteiger partial charge in [-0.05, 0) is 27.7 Å². The fraction of sp³-hybridized carbons (Fsp3) is 0.438. The van der Waals surface area contributed by atoms with Crippen LogP contribution in [0.2, 0.25) is 0 Å². The van der Waals surface area contributed by atoms with E-state index in [1.54, 1.807) is 27.7 Å². The van der Waals surface area contributed by atoms with Crippen LogP contribution in [0, 0.1) is 6.92 Å². The lowest BCUT2D eigenvalue weighted by Crippen LogP contribution is -2.14. The summed E-state index contributed by atoms with van der Waals surface area (Å²) in [6, 6.07) is 0. The minimum absolute atomic E-state index is 0.0557. The number of rotatable bonds is 8. The zero-order valence-corrected chi connectivity index (χ0v) is 17.0. The van der Waals surface area contributed by atoms with Crippen molar-refractivity contribution in [1.29, 1.82) is 0 Å². The number of aromatic nitrogens is 3. The molecule has 0 saturated carbocycles. The number of thioether (sulfide) groups is 1. The Balaban J connectivity index is 1.89. The maximum absolute atomic E-state index is 12.1. The van der Waals surface area contributed by atoms with Gasteiger partial charge in [-0.1, -0.05) is 23.1 Å². The predicted octanol–water partition coefficient (Wildman–Crippen LogP) is 2.65. The maximum Gasteiger partial charge on any atom is 0.356 e. The molecule has 11 heteroatoms. The van der Waals surface area contributed by atoms with Gasteiger partial charge in [0, 0.05) is 0 Å². The topological polar surface area (TPSA) is 123 Å². The monoisotopic (exact) mass is 412 g/mol. The van der Waals surface area contributed by atoms with Crippen LogP contribution in [0.3, 0.4) is 0 Å². The molecule has 0 atom stereocenters. The second kappa shape index (κ2) is 9.51. The third-order valence-electron chi connectivity index (χ3n) is 2.96.